The molecule has 1 aliphatic heterocycles. The molecule has 1 atom stereocenters. The van der Waals surface area contributed by atoms with Gasteiger partial charge in [0.05, 0.1) is 29.2 Å². The van der Waals surface area contributed by atoms with Crippen LogP contribution in [0.25, 0.3) is 5.76 Å². The summed E-state index contributed by atoms with van der Waals surface area (Å²) in [5.41, 5.74) is 0.876. The predicted octanol–water partition coefficient (Wildman–Crippen LogP) is 5.41. The van der Waals surface area contributed by atoms with E-state index in [-0.39, 0.29) is 22.9 Å². The van der Waals surface area contributed by atoms with Crippen LogP contribution in [0.1, 0.15) is 37.9 Å². The Morgan fingerprint density at radius 2 is 1.70 bits per heavy atom. The fourth-order valence-corrected chi connectivity index (χ4v) is 4.20. The van der Waals surface area contributed by atoms with Crippen LogP contribution < -0.4 is 14.4 Å². The second kappa shape index (κ2) is 10.5. The van der Waals surface area contributed by atoms with E-state index in [1.54, 1.807) is 48.5 Å². The Labute approximate surface area is 213 Å². The van der Waals surface area contributed by atoms with Gasteiger partial charge in [-0.15, -0.1) is 0 Å². The normalized spacial score (nSPS) is 16.8. The molecule has 1 amide bonds. The molecule has 0 spiro atoms. The first-order valence-corrected chi connectivity index (χ1v) is 11.8. The number of Topliss-reactive ketones (excluding diaryl/α,β-unsaturated/α-hetero) is 1. The van der Waals surface area contributed by atoms with Gasteiger partial charge in [0.25, 0.3) is 17.4 Å². The first-order chi connectivity index (χ1) is 17.7. The Kier molecular flexibility index (Phi) is 7.24. The summed E-state index contributed by atoms with van der Waals surface area (Å²) in [5.74, 6) is -0.972. The average Bonchev–Trinajstić information content (AvgIpc) is 3.14. The molecule has 0 aromatic heterocycles. The number of anilines is 1. The first-order valence-electron chi connectivity index (χ1n) is 11.8. The Bertz CT molecular complexity index is 1360. The van der Waals surface area contributed by atoms with Crippen molar-refractivity contribution in [1.29, 1.82) is 0 Å². The van der Waals surface area contributed by atoms with Crippen LogP contribution in [-0.4, -0.2) is 34.4 Å². The van der Waals surface area contributed by atoms with E-state index in [4.69, 9.17) is 9.47 Å². The van der Waals surface area contributed by atoms with Crippen LogP contribution >= 0.6 is 0 Å². The first kappa shape index (κ1) is 25.4. The van der Waals surface area contributed by atoms with Crippen molar-refractivity contribution in [3.05, 3.63) is 99.6 Å². The fourth-order valence-electron chi connectivity index (χ4n) is 4.20. The molecule has 0 radical (unpaired) electrons. The van der Waals surface area contributed by atoms with Gasteiger partial charge in [0.2, 0.25) is 0 Å². The van der Waals surface area contributed by atoms with E-state index in [0.29, 0.717) is 29.4 Å². The van der Waals surface area contributed by atoms with Crippen molar-refractivity contribution in [2.45, 2.75) is 32.9 Å². The molecule has 9 nitrogen and oxygen atoms in total. The number of nitro groups is 1. The topological polar surface area (TPSA) is 119 Å². The molecule has 0 saturated carbocycles. The van der Waals surface area contributed by atoms with Crippen LogP contribution in [0.15, 0.2) is 78.4 Å². The molecule has 1 saturated heterocycles. The monoisotopic (exact) mass is 502 g/mol. The summed E-state index contributed by atoms with van der Waals surface area (Å²) in [6, 6.07) is 17.9. The molecule has 1 unspecified atom stereocenters. The van der Waals surface area contributed by atoms with Gasteiger partial charge in [0.1, 0.15) is 17.3 Å². The molecule has 4 rings (SSSR count). The van der Waals surface area contributed by atoms with Crippen molar-refractivity contribution in [3.63, 3.8) is 0 Å². The van der Waals surface area contributed by atoms with Crippen molar-refractivity contribution < 1.29 is 29.1 Å². The zero-order chi connectivity index (χ0) is 26.7. The highest BCUT2D eigenvalue weighted by Gasteiger charge is 2.47. The van der Waals surface area contributed by atoms with Gasteiger partial charge in [0.15, 0.2) is 0 Å². The predicted molar refractivity (Wildman–Crippen MR) is 138 cm³/mol. The van der Waals surface area contributed by atoms with E-state index < -0.39 is 28.4 Å². The minimum absolute atomic E-state index is 0.0417. The SMILES string of the molecule is CCOc1cccc(N2C(=O)C(=O)/C(=C(/O)c3ccc([N+](=O)[O-])cc3)C2c2ccc(OC(C)C)cc2)c1. The lowest BCUT2D eigenvalue weighted by atomic mass is 9.95. The molecule has 37 heavy (non-hydrogen) atoms. The Morgan fingerprint density at radius 3 is 2.30 bits per heavy atom. The summed E-state index contributed by atoms with van der Waals surface area (Å²) in [6.07, 6.45) is -0.0417. The number of benzene rings is 3. The van der Waals surface area contributed by atoms with Crippen molar-refractivity contribution in [2.24, 2.45) is 0 Å². The summed E-state index contributed by atoms with van der Waals surface area (Å²) in [7, 11) is 0. The van der Waals surface area contributed by atoms with Crippen LogP contribution in [0.4, 0.5) is 11.4 Å². The summed E-state index contributed by atoms with van der Waals surface area (Å²) < 4.78 is 11.3. The van der Waals surface area contributed by atoms with Gasteiger partial charge in [-0.25, -0.2) is 0 Å². The molecule has 1 fully saturated rings. The molecular weight excluding hydrogens is 476 g/mol. The van der Waals surface area contributed by atoms with Gasteiger partial charge in [-0.3, -0.25) is 24.6 Å². The van der Waals surface area contributed by atoms with Crippen LogP contribution in [0.3, 0.4) is 0 Å². The lowest BCUT2D eigenvalue weighted by Crippen LogP contribution is -2.29. The largest absolute Gasteiger partial charge is 0.507 e. The molecule has 3 aromatic carbocycles. The molecule has 1 N–H and O–H groups in total. The number of non-ortho nitro benzene ring substituents is 1. The van der Waals surface area contributed by atoms with Crippen LogP contribution in [0.5, 0.6) is 11.5 Å². The molecule has 1 aliphatic rings. The van der Waals surface area contributed by atoms with Crippen molar-refractivity contribution >= 4 is 28.8 Å². The Hall–Kier alpha value is -4.66. The number of aliphatic hydroxyl groups is 1. The number of aliphatic hydroxyl groups excluding tert-OH is 1. The zero-order valence-electron chi connectivity index (χ0n) is 20.6. The van der Waals surface area contributed by atoms with E-state index in [1.165, 1.54) is 29.2 Å². The standard InChI is InChI=1S/C28H26N2O7/c1-4-36-23-7-5-6-21(16-23)29-25(18-10-14-22(15-11-18)37-17(2)3)24(27(32)28(29)33)26(31)19-8-12-20(13-9-19)30(34)35/h5-17,25,31H,4H2,1-3H3/b26-24+. The molecule has 1 heterocycles. The average molecular weight is 503 g/mol. The maximum Gasteiger partial charge on any atom is 0.300 e. The number of rotatable bonds is 8. The van der Waals surface area contributed by atoms with Crippen molar-refractivity contribution in [2.75, 3.05) is 11.5 Å². The highest BCUT2D eigenvalue weighted by molar-refractivity contribution is 6.51. The van der Waals surface area contributed by atoms with Gasteiger partial charge >= 0.3 is 0 Å². The molecular formula is C28H26N2O7. The van der Waals surface area contributed by atoms with Gasteiger partial charge < -0.3 is 14.6 Å². The summed E-state index contributed by atoms with van der Waals surface area (Å²) in [5, 5.41) is 22.3. The second-order valence-electron chi connectivity index (χ2n) is 8.64. The van der Waals surface area contributed by atoms with E-state index >= 15 is 0 Å². The van der Waals surface area contributed by atoms with E-state index in [1.807, 2.05) is 20.8 Å². The lowest BCUT2D eigenvalue weighted by Gasteiger charge is -2.26. The highest BCUT2D eigenvalue weighted by atomic mass is 16.6. The number of hydrogen-bond acceptors (Lipinski definition) is 7. The fraction of sp³-hybridized carbons (Fsp3) is 0.214. The Morgan fingerprint density at radius 1 is 1.03 bits per heavy atom. The van der Waals surface area contributed by atoms with E-state index in [0.717, 1.165) is 0 Å². The van der Waals surface area contributed by atoms with E-state index in [2.05, 4.69) is 0 Å². The zero-order valence-corrected chi connectivity index (χ0v) is 20.6. The maximum atomic E-state index is 13.3. The highest BCUT2D eigenvalue weighted by Crippen LogP contribution is 2.43. The third-order valence-corrected chi connectivity index (χ3v) is 5.77. The number of ketones is 1. The lowest BCUT2D eigenvalue weighted by molar-refractivity contribution is -0.384. The third kappa shape index (κ3) is 5.16. The number of nitrogens with zero attached hydrogens (tertiary/aromatic N) is 2. The van der Waals surface area contributed by atoms with E-state index in [9.17, 15) is 24.8 Å². The van der Waals surface area contributed by atoms with Gasteiger partial charge in [-0.05, 0) is 62.7 Å². The van der Waals surface area contributed by atoms with Gasteiger partial charge in [-0.1, -0.05) is 18.2 Å². The third-order valence-electron chi connectivity index (χ3n) is 5.77. The summed E-state index contributed by atoms with van der Waals surface area (Å²) in [6.45, 7) is 6.06. The second-order valence-corrected chi connectivity index (χ2v) is 8.64. The molecule has 9 heteroatoms. The van der Waals surface area contributed by atoms with Gasteiger partial charge in [0, 0.05) is 29.4 Å². The van der Waals surface area contributed by atoms with Gasteiger partial charge in [-0.2, -0.15) is 0 Å². The van der Waals surface area contributed by atoms with Crippen molar-refractivity contribution in [1.82, 2.24) is 0 Å². The number of hydrogen-bond donors (Lipinski definition) is 1. The van der Waals surface area contributed by atoms with Crippen LogP contribution in [-0.2, 0) is 9.59 Å². The molecule has 0 aliphatic carbocycles. The quantitative estimate of drug-likeness (QED) is 0.144. The summed E-state index contributed by atoms with van der Waals surface area (Å²) in [4.78, 5) is 38.5. The number of carbonyl (C=O) groups excluding carboxylic acids is 2. The number of ether oxygens (including phenoxy) is 2. The number of amides is 1. The Balaban J connectivity index is 1.87. The smallest absolute Gasteiger partial charge is 0.300 e. The van der Waals surface area contributed by atoms with Crippen LogP contribution in [0, 0.1) is 10.1 Å². The van der Waals surface area contributed by atoms with Crippen LogP contribution in [0.2, 0.25) is 0 Å². The molecule has 3 aromatic rings. The number of carbonyl (C=O) groups is 2. The minimum atomic E-state index is -0.958. The number of nitro benzene ring substituents is 1. The molecule has 190 valence electrons. The van der Waals surface area contributed by atoms with Crippen molar-refractivity contribution in [3.8, 4) is 11.5 Å². The molecule has 0 bridgehead atoms. The maximum absolute atomic E-state index is 13.3. The minimum Gasteiger partial charge on any atom is -0.507 e. The summed E-state index contributed by atoms with van der Waals surface area (Å²) >= 11 is 0.